The molecule has 2 heterocycles. The first kappa shape index (κ1) is 14.1. The van der Waals surface area contributed by atoms with E-state index in [9.17, 15) is 9.90 Å². The van der Waals surface area contributed by atoms with Gasteiger partial charge in [0, 0.05) is 42.7 Å². The predicted octanol–water partition coefficient (Wildman–Crippen LogP) is 1.68. The van der Waals surface area contributed by atoms with Crippen LogP contribution in [0.5, 0.6) is 0 Å². The van der Waals surface area contributed by atoms with Crippen LogP contribution in [0.25, 0.3) is 10.9 Å². The Morgan fingerprint density at radius 1 is 1.43 bits per heavy atom. The molecule has 3 N–H and O–H groups in total. The Morgan fingerprint density at radius 3 is 2.95 bits per heavy atom. The summed E-state index contributed by atoms with van der Waals surface area (Å²) < 4.78 is 2.33. The molecule has 3 rings (SSSR count). The number of rotatable bonds is 4. The highest BCUT2D eigenvalue weighted by molar-refractivity contribution is 5.95. The lowest BCUT2D eigenvalue weighted by Crippen LogP contribution is -2.27. The first-order valence-electron chi connectivity index (χ1n) is 7.37. The lowest BCUT2D eigenvalue weighted by Gasteiger charge is -2.24. The minimum absolute atomic E-state index is 0.356. The molecule has 1 aliphatic rings. The second kappa shape index (κ2) is 5.50. The Morgan fingerprint density at radius 2 is 2.24 bits per heavy atom. The van der Waals surface area contributed by atoms with Crippen LogP contribution in [-0.2, 0) is 19.5 Å². The summed E-state index contributed by atoms with van der Waals surface area (Å²) in [7, 11) is 2.10. The number of benzene rings is 1. The fourth-order valence-corrected chi connectivity index (χ4v) is 3.22. The van der Waals surface area contributed by atoms with Gasteiger partial charge < -0.3 is 20.3 Å². The Labute approximate surface area is 124 Å². The van der Waals surface area contributed by atoms with Crippen LogP contribution < -0.4 is 5.73 Å². The van der Waals surface area contributed by atoms with Crippen LogP contribution in [0, 0.1) is 0 Å². The standard InChI is InChI=1S/C16H21N3O2/c1-18-8-5-15-13(10-18)12-9-11(16(20)21)3-4-14(12)19(15)7-2-6-17/h3-4,9H,2,5-8,10,17H2,1H3,(H,20,21). The largest absolute Gasteiger partial charge is 0.478 e. The van der Waals surface area contributed by atoms with Crippen LogP contribution >= 0.6 is 0 Å². The quantitative estimate of drug-likeness (QED) is 0.897. The summed E-state index contributed by atoms with van der Waals surface area (Å²) in [6.07, 6.45) is 1.94. The van der Waals surface area contributed by atoms with Gasteiger partial charge in [-0.3, -0.25) is 0 Å². The maximum absolute atomic E-state index is 11.2. The number of carboxylic acid groups (broad SMARTS) is 1. The fourth-order valence-electron chi connectivity index (χ4n) is 3.22. The molecule has 0 amide bonds. The van der Waals surface area contributed by atoms with E-state index in [1.807, 2.05) is 12.1 Å². The van der Waals surface area contributed by atoms with E-state index < -0.39 is 5.97 Å². The number of carbonyl (C=O) groups is 1. The molecule has 1 aliphatic heterocycles. The molecule has 0 saturated carbocycles. The van der Waals surface area contributed by atoms with Crippen molar-refractivity contribution in [2.45, 2.75) is 25.9 Å². The van der Waals surface area contributed by atoms with Crippen molar-refractivity contribution in [1.82, 2.24) is 9.47 Å². The maximum atomic E-state index is 11.2. The average Bonchev–Trinajstić information content (AvgIpc) is 2.77. The van der Waals surface area contributed by atoms with Crippen molar-refractivity contribution in [3.63, 3.8) is 0 Å². The highest BCUT2D eigenvalue weighted by Gasteiger charge is 2.22. The molecule has 0 fully saturated rings. The first-order valence-corrected chi connectivity index (χ1v) is 7.37. The molecule has 0 spiro atoms. The van der Waals surface area contributed by atoms with Crippen molar-refractivity contribution in [2.75, 3.05) is 20.1 Å². The average molecular weight is 287 g/mol. The van der Waals surface area contributed by atoms with Crippen molar-refractivity contribution < 1.29 is 9.90 Å². The highest BCUT2D eigenvalue weighted by Crippen LogP contribution is 2.31. The fraction of sp³-hybridized carbons (Fsp3) is 0.438. The van der Waals surface area contributed by atoms with Gasteiger partial charge in [0.05, 0.1) is 5.56 Å². The van der Waals surface area contributed by atoms with Crippen LogP contribution in [0.15, 0.2) is 18.2 Å². The van der Waals surface area contributed by atoms with E-state index in [0.717, 1.165) is 43.4 Å². The molecule has 0 bridgehead atoms. The monoisotopic (exact) mass is 287 g/mol. The molecule has 1 aromatic carbocycles. The molecule has 5 nitrogen and oxygen atoms in total. The van der Waals surface area contributed by atoms with Crippen molar-refractivity contribution in [2.24, 2.45) is 5.73 Å². The van der Waals surface area contributed by atoms with Crippen LogP contribution in [0.4, 0.5) is 0 Å². The zero-order chi connectivity index (χ0) is 15.0. The smallest absolute Gasteiger partial charge is 0.335 e. The second-order valence-corrected chi connectivity index (χ2v) is 5.74. The summed E-state index contributed by atoms with van der Waals surface area (Å²) in [5.74, 6) is -0.871. The molecule has 112 valence electrons. The first-order chi connectivity index (χ1) is 10.1. The lowest BCUT2D eigenvalue weighted by atomic mass is 10.0. The molecule has 0 radical (unpaired) electrons. The number of hydrogen-bond donors (Lipinski definition) is 2. The van der Waals surface area contributed by atoms with Gasteiger partial charge in [0.15, 0.2) is 0 Å². The van der Waals surface area contributed by atoms with Crippen molar-refractivity contribution in [1.29, 1.82) is 0 Å². The van der Waals surface area contributed by atoms with Gasteiger partial charge in [0.1, 0.15) is 0 Å². The Kier molecular flexibility index (Phi) is 3.69. The second-order valence-electron chi connectivity index (χ2n) is 5.74. The van der Waals surface area contributed by atoms with Crippen LogP contribution in [0.1, 0.15) is 28.0 Å². The summed E-state index contributed by atoms with van der Waals surface area (Å²) in [6, 6.07) is 5.45. The number of nitrogens with zero attached hydrogens (tertiary/aromatic N) is 2. The molecular formula is C16H21N3O2. The van der Waals surface area contributed by atoms with E-state index in [4.69, 9.17) is 5.73 Å². The normalized spacial score (nSPS) is 15.3. The minimum Gasteiger partial charge on any atom is -0.478 e. The molecule has 1 aromatic heterocycles. The Balaban J connectivity index is 2.19. The number of likely N-dealkylation sites (N-methyl/N-ethyl adjacent to an activating group) is 1. The lowest BCUT2D eigenvalue weighted by molar-refractivity contribution is 0.0697. The molecule has 5 heteroatoms. The van der Waals surface area contributed by atoms with E-state index in [1.54, 1.807) is 6.07 Å². The third-order valence-corrected chi connectivity index (χ3v) is 4.28. The van der Waals surface area contributed by atoms with Crippen molar-refractivity contribution in [3.8, 4) is 0 Å². The number of fused-ring (bicyclic) bond motifs is 3. The summed E-state index contributed by atoms with van der Waals surface area (Å²) in [4.78, 5) is 13.5. The number of carboxylic acids is 1. The maximum Gasteiger partial charge on any atom is 0.335 e. The van der Waals surface area contributed by atoms with Gasteiger partial charge in [-0.25, -0.2) is 4.79 Å². The van der Waals surface area contributed by atoms with Gasteiger partial charge in [0.2, 0.25) is 0 Å². The highest BCUT2D eigenvalue weighted by atomic mass is 16.4. The molecule has 0 saturated heterocycles. The molecule has 0 aliphatic carbocycles. The third-order valence-electron chi connectivity index (χ3n) is 4.28. The summed E-state index contributed by atoms with van der Waals surface area (Å²) >= 11 is 0. The molecule has 0 atom stereocenters. The molecular weight excluding hydrogens is 266 g/mol. The van der Waals surface area contributed by atoms with Crippen LogP contribution in [-0.4, -0.2) is 40.7 Å². The third kappa shape index (κ3) is 2.43. The van der Waals surface area contributed by atoms with E-state index in [-0.39, 0.29) is 0 Å². The SMILES string of the molecule is CN1CCc2c(c3cc(C(=O)O)ccc3n2CCCN)C1. The molecule has 2 aromatic rings. The van der Waals surface area contributed by atoms with Gasteiger partial charge in [-0.15, -0.1) is 0 Å². The molecule has 21 heavy (non-hydrogen) atoms. The number of aryl methyl sites for hydroxylation is 1. The van der Waals surface area contributed by atoms with Gasteiger partial charge in [-0.2, -0.15) is 0 Å². The van der Waals surface area contributed by atoms with E-state index in [2.05, 4.69) is 16.5 Å². The number of nitrogens with two attached hydrogens (primary N) is 1. The van der Waals surface area contributed by atoms with Crippen LogP contribution in [0.3, 0.4) is 0 Å². The Hall–Kier alpha value is -1.85. The van der Waals surface area contributed by atoms with Gasteiger partial charge in [0.25, 0.3) is 0 Å². The van der Waals surface area contributed by atoms with E-state index >= 15 is 0 Å². The predicted molar refractivity (Wildman–Crippen MR) is 82.6 cm³/mol. The van der Waals surface area contributed by atoms with E-state index in [1.165, 1.54) is 11.3 Å². The van der Waals surface area contributed by atoms with E-state index in [0.29, 0.717) is 12.1 Å². The van der Waals surface area contributed by atoms with Gasteiger partial charge >= 0.3 is 5.97 Å². The van der Waals surface area contributed by atoms with Gasteiger partial charge in [-0.1, -0.05) is 0 Å². The number of hydrogen-bond acceptors (Lipinski definition) is 3. The zero-order valence-electron chi connectivity index (χ0n) is 12.3. The molecule has 0 unspecified atom stereocenters. The van der Waals surface area contributed by atoms with Crippen molar-refractivity contribution >= 4 is 16.9 Å². The Bertz CT molecular complexity index is 690. The number of aromatic nitrogens is 1. The van der Waals surface area contributed by atoms with Gasteiger partial charge in [-0.05, 0) is 43.8 Å². The number of aromatic carboxylic acids is 1. The topological polar surface area (TPSA) is 71.5 Å². The van der Waals surface area contributed by atoms with Crippen molar-refractivity contribution in [3.05, 3.63) is 35.0 Å². The van der Waals surface area contributed by atoms with Crippen LogP contribution in [0.2, 0.25) is 0 Å². The minimum atomic E-state index is -0.871. The summed E-state index contributed by atoms with van der Waals surface area (Å²) in [6.45, 7) is 3.49. The summed E-state index contributed by atoms with van der Waals surface area (Å²) in [5, 5.41) is 10.3. The zero-order valence-corrected chi connectivity index (χ0v) is 12.3. The summed E-state index contributed by atoms with van der Waals surface area (Å²) in [5.41, 5.74) is 9.76.